The summed E-state index contributed by atoms with van der Waals surface area (Å²) >= 11 is 0. The van der Waals surface area contributed by atoms with Crippen LogP contribution in [0.5, 0.6) is 0 Å². The maximum Gasteiger partial charge on any atom is 0.239 e. The summed E-state index contributed by atoms with van der Waals surface area (Å²) in [5.74, 6) is 1.24. The average Bonchev–Trinajstić information content (AvgIpc) is 3.06. The second-order valence-electron chi connectivity index (χ2n) is 6.76. The van der Waals surface area contributed by atoms with Crippen LogP contribution in [-0.2, 0) is 9.53 Å². The molecule has 0 N–H and O–H groups in total. The van der Waals surface area contributed by atoms with Crippen LogP contribution in [-0.4, -0.2) is 40.8 Å². The number of nitrogens with zero attached hydrogens (tertiary/aromatic N) is 3. The van der Waals surface area contributed by atoms with Crippen LogP contribution in [0.4, 0.5) is 4.39 Å². The molecular weight excluding hydrogens is 325 g/mol. The first-order chi connectivity index (χ1) is 12.1. The van der Waals surface area contributed by atoms with Gasteiger partial charge in [0, 0.05) is 32.9 Å². The van der Waals surface area contributed by atoms with E-state index in [1.807, 2.05) is 0 Å². The van der Waals surface area contributed by atoms with E-state index in [2.05, 4.69) is 10.2 Å². The predicted octanol–water partition coefficient (Wildman–Crippen LogP) is 2.79. The number of likely N-dealkylation sites (tertiary alicyclic amines) is 1. The second kappa shape index (κ2) is 6.22. The molecule has 7 heteroatoms. The predicted molar refractivity (Wildman–Crippen MR) is 86.3 cm³/mol. The molecule has 2 aliphatic rings. The van der Waals surface area contributed by atoms with Crippen LogP contribution < -0.4 is 0 Å². The smallest absolute Gasteiger partial charge is 0.239 e. The summed E-state index contributed by atoms with van der Waals surface area (Å²) in [5.41, 5.74) is 1.08. The number of aromatic nitrogens is 2. The van der Waals surface area contributed by atoms with Gasteiger partial charge in [0.1, 0.15) is 11.9 Å². The lowest BCUT2D eigenvalue weighted by Crippen LogP contribution is -2.29. The molecule has 0 bridgehead atoms. The van der Waals surface area contributed by atoms with Gasteiger partial charge in [-0.2, -0.15) is 0 Å². The summed E-state index contributed by atoms with van der Waals surface area (Å²) in [5, 5.41) is 8.37. The van der Waals surface area contributed by atoms with Crippen molar-refractivity contribution in [1.29, 1.82) is 0 Å². The molecule has 4 rings (SSSR count). The van der Waals surface area contributed by atoms with Gasteiger partial charge in [-0.25, -0.2) is 4.39 Å². The average molecular weight is 345 g/mol. The Morgan fingerprint density at radius 3 is 2.60 bits per heavy atom. The van der Waals surface area contributed by atoms with Gasteiger partial charge in [0.2, 0.25) is 17.7 Å². The highest BCUT2D eigenvalue weighted by Gasteiger charge is 2.45. The van der Waals surface area contributed by atoms with E-state index in [9.17, 15) is 9.18 Å². The van der Waals surface area contributed by atoms with E-state index in [4.69, 9.17) is 9.15 Å². The number of rotatable bonds is 4. The lowest BCUT2D eigenvalue weighted by atomic mass is 10.1. The molecule has 1 saturated heterocycles. The normalized spacial score (nSPS) is 28.4. The molecule has 1 aliphatic heterocycles. The molecule has 1 amide bonds. The van der Waals surface area contributed by atoms with Crippen LogP contribution in [0.15, 0.2) is 28.7 Å². The fourth-order valence-electron chi connectivity index (χ4n) is 3.63. The molecule has 2 aromatic rings. The Balaban J connectivity index is 1.49. The molecule has 1 aromatic heterocycles. The monoisotopic (exact) mass is 345 g/mol. The molecule has 0 spiro atoms. The third-order valence-corrected chi connectivity index (χ3v) is 5.15. The van der Waals surface area contributed by atoms with Crippen molar-refractivity contribution in [3.8, 4) is 0 Å². The Labute approximate surface area is 145 Å². The van der Waals surface area contributed by atoms with Crippen molar-refractivity contribution in [1.82, 2.24) is 15.1 Å². The highest BCUT2D eigenvalue weighted by atomic mass is 19.1. The van der Waals surface area contributed by atoms with Crippen LogP contribution >= 0.6 is 0 Å². The minimum atomic E-state index is -0.237. The largest absolute Gasteiger partial charge is 0.423 e. The number of benzene rings is 1. The first kappa shape index (κ1) is 16.2. The molecule has 1 saturated carbocycles. The van der Waals surface area contributed by atoms with Crippen molar-refractivity contribution in [2.75, 3.05) is 13.7 Å². The quantitative estimate of drug-likeness (QED) is 0.852. The van der Waals surface area contributed by atoms with E-state index < -0.39 is 0 Å². The number of halogens is 1. The zero-order valence-electron chi connectivity index (χ0n) is 14.2. The van der Waals surface area contributed by atoms with Gasteiger partial charge in [-0.15, -0.1) is 10.2 Å². The van der Waals surface area contributed by atoms with Crippen LogP contribution in [0, 0.1) is 5.82 Å². The lowest BCUT2D eigenvalue weighted by Gasteiger charge is -2.19. The van der Waals surface area contributed by atoms with E-state index >= 15 is 0 Å². The molecule has 2 heterocycles. The number of ether oxygens (including phenoxy) is 1. The first-order valence-electron chi connectivity index (χ1n) is 8.45. The molecular formula is C18H20FN3O3. The van der Waals surface area contributed by atoms with Crippen LogP contribution in [0.25, 0.3) is 0 Å². The molecule has 1 aliphatic carbocycles. The summed E-state index contributed by atoms with van der Waals surface area (Å²) < 4.78 is 24.3. The Morgan fingerprint density at radius 1 is 1.20 bits per heavy atom. The van der Waals surface area contributed by atoms with Gasteiger partial charge < -0.3 is 14.1 Å². The van der Waals surface area contributed by atoms with Gasteiger partial charge in [-0.1, -0.05) is 12.1 Å². The van der Waals surface area contributed by atoms with Gasteiger partial charge in [0.15, 0.2) is 0 Å². The van der Waals surface area contributed by atoms with E-state index in [0.717, 1.165) is 12.0 Å². The van der Waals surface area contributed by atoms with Gasteiger partial charge in [-0.3, -0.25) is 4.79 Å². The van der Waals surface area contributed by atoms with Crippen LogP contribution in [0.2, 0.25) is 0 Å². The number of carbonyl (C=O) groups is 1. The van der Waals surface area contributed by atoms with E-state index in [0.29, 0.717) is 24.7 Å². The van der Waals surface area contributed by atoms with Crippen molar-refractivity contribution in [3.63, 3.8) is 0 Å². The highest BCUT2D eigenvalue weighted by Crippen LogP contribution is 2.54. The third-order valence-electron chi connectivity index (χ3n) is 5.15. The second-order valence-corrected chi connectivity index (χ2v) is 6.76. The Morgan fingerprint density at radius 2 is 1.92 bits per heavy atom. The Kier molecular flexibility index (Phi) is 4.03. The number of carbonyl (C=O) groups excluding carboxylic acids is 1. The molecule has 6 nitrogen and oxygen atoms in total. The summed E-state index contributed by atoms with van der Waals surface area (Å²) in [4.78, 5) is 13.6. The Bertz CT molecular complexity index is 776. The summed E-state index contributed by atoms with van der Waals surface area (Å²) in [6, 6.07) is 6.31. The van der Waals surface area contributed by atoms with Crippen molar-refractivity contribution in [2.24, 2.45) is 0 Å². The molecule has 4 atom stereocenters. The van der Waals surface area contributed by atoms with Crippen LogP contribution in [0.3, 0.4) is 0 Å². The van der Waals surface area contributed by atoms with Crippen molar-refractivity contribution in [3.05, 3.63) is 47.4 Å². The van der Waals surface area contributed by atoms with E-state index in [1.54, 1.807) is 24.1 Å². The van der Waals surface area contributed by atoms with Crippen molar-refractivity contribution in [2.45, 2.75) is 43.7 Å². The molecule has 132 valence electrons. The molecule has 0 unspecified atom stereocenters. The van der Waals surface area contributed by atoms with Gasteiger partial charge in [0.25, 0.3) is 0 Å². The van der Waals surface area contributed by atoms with Crippen molar-refractivity contribution >= 4 is 5.91 Å². The maximum absolute atomic E-state index is 13.0. The fraction of sp³-hybridized carbons (Fsp3) is 0.500. The summed E-state index contributed by atoms with van der Waals surface area (Å²) in [6.45, 7) is 2.07. The minimum Gasteiger partial charge on any atom is -0.423 e. The first-order valence-corrected chi connectivity index (χ1v) is 8.45. The highest BCUT2D eigenvalue weighted by molar-refractivity contribution is 5.74. The van der Waals surface area contributed by atoms with Gasteiger partial charge in [0.05, 0.1) is 6.10 Å². The van der Waals surface area contributed by atoms with Crippen LogP contribution in [0.1, 0.15) is 55.0 Å². The number of amides is 1. The molecule has 1 aromatic carbocycles. The zero-order chi connectivity index (χ0) is 17.6. The Hall–Kier alpha value is -2.28. The van der Waals surface area contributed by atoms with E-state index in [1.165, 1.54) is 19.1 Å². The number of hydrogen-bond donors (Lipinski definition) is 0. The van der Waals surface area contributed by atoms with Crippen molar-refractivity contribution < 1.29 is 18.3 Å². The van der Waals surface area contributed by atoms with Gasteiger partial charge in [-0.05, 0) is 30.0 Å². The fourth-order valence-corrected chi connectivity index (χ4v) is 3.63. The SMILES string of the molecule is CO[C@H]1C[C@H](c2nnc([C@H]3C[C@H]3c3ccc(F)cc3)o2)N(C(C)=O)C1. The topological polar surface area (TPSA) is 68.5 Å². The third kappa shape index (κ3) is 3.04. The summed E-state index contributed by atoms with van der Waals surface area (Å²) in [6.07, 6.45) is 1.55. The minimum absolute atomic E-state index is 0.0165. The molecule has 2 fully saturated rings. The maximum atomic E-state index is 13.0. The number of methoxy groups -OCH3 is 1. The zero-order valence-corrected chi connectivity index (χ0v) is 14.2. The molecule has 0 radical (unpaired) electrons. The molecule has 25 heavy (non-hydrogen) atoms. The lowest BCUT2D eigenvalue weighted by molar-refractivity contribution is -0.130. The summed E-state index contributed by atoms with van der Waals surface area (Å²) in [7, 11) is 1.64. The van der Waals surface area contributed by atoms with E-state index in [-0.39, 0.29) is 35.7 Å². The standard InChI is InChI=1S/C18H20FN3O3/c1-10(23)22-9-13(24-2)7-16(22)18-21-20-17(25-18)15-8-14(15)11-3-5-12(19)6-4-11/h3-6,13-16H,7-9H2,1-2H3/t13-,14-,15-,16+/m0/s1. The number of hydrogen-bond acceptors (Lipinski definition) is 5. The van der Waals surface area contributed by atoms with Gasteiger partial charge >= 0.3 is 0 Å².